The smallest absolute Gasteiger partial charge is 0.251 e. The van der Waals surface area contributed by atoms with Crippen LogP contribution >= 0.6 is 0 Å². The van der Waals surface area contributed by atoms with Crippen LogP contribution in [-0.2, 0) is 0 Å². The van der Waals surface area contributed by atoms with Crippen LogP contribution in [0.1, 0.15) is 25.5 Å². The number of hydrogen-bond acceptors (Lipinski definition) is 4. The predicted molar refractivity (Wildman–Crippen MR) is 82.5 cm³/mol. The van der Waals surface area contributed by atoms with Gasteiger partial charge in [-0.15, -0.1) is 0 Å². The summed E-state index contributed by atoms with van der Waals surface area (Å²) < 4.78 is 12.7. The van der Waals surface area contributed by atoms with E-state index in [0.717, 1.165) is 5.56 Å². The molecule has 0 unspecified atom stereocenters. The molecule has 0 fully saturated rings. The van der Waals surface area contributed by atoms with Crippen molar-refractivity contribution in [3.63, 3.8) is 0 Å². The number of benzene rings is 1. The molecule has 1 aliphatic heterocycles. The highest BCUT2D eigenvalue weighted by molar-refractivity contribution is 5.45. The molecule has 0 amide bonds. The molecule has 0 aliphatic carbocycles. The predicted octanol–water partition coefficient (Wildman–Crippen LogP) is 1.98. The van der Waals surface area contributed by atoms with Crippen molar-refractivity contribution in [1.29, 1.82) is 0 Å². The number of aliphatic hydroxyl groups excluding tert-OH is 1. The summed E-state index contributed by atoms with van der Waals surface area (Å²) in [6.45, 7) is 3.62. The van der Waals surface area contributed by atoms with Crippen molar-refractivity contribution in [2.24, 2.45) is 0 Å². The number of pyridine rings is 1. The van der Waals surface area contributed by atoms with E-state index < -0.39 is 17.7 Å². The quantitative estimate of drug-likeness (QED) is 0.921. The second-order valence-corrected chi connectivity index (χ2v) is 5.95. The van der Waals surface area contributed by atoms with E-state index in [1.165, 1.54) is 10.6 Å². The van der Waals surface area contributed by atoms with Crippen LogP contribution in [0.2, 0.25) is 0 Å². The van der Waals surface area contributed by atoms with Crippen LogP contribution in [0, 0.1) is 0 Å². The first kappa shape index (κ1) is 14.7. The topological polar surface area (TPSA) is 60.7 Å². The van der Waals surface area contributed by atoms with Gasteiger partial charge in [-0.25, -0.2) is 0 Å². The lowest BCUT2D eigenvalue weighted by molar-refractivity contribution is -0.0643. The fourth-order valence-corrected chi connectivity index (χ4v) is 2.84. The van der Waals surface area contributed by atoms with Gasteiger partial charge in [-0.3, -0.25) is 4.79 Å². The molecule has 2 aromatic rings. The van der Waals surface area contributed by atoms with Gasteiger partial charge in [-0.05, 0) is 38.1 Å². The molecule has 22 heavy (non-hydrogen) atoms. The van der Waals surface area contributed by atoms with Crippen LogP contribution in [0.3, 0.4) is 0 Å². The van der Waals surface area contributed by atoms with Gasteiger partial charge < -0.3 is 19.1 Å². The Kier molecular flexibility index (Phi) is 3.45. The third-order valence-corrected chi connectivity index (χ3v) is 4.07. The zero-order chi connectivity index (χ0) is 15.9. The molecule has 0 saturated carbocycles. The van der Waals surface area contributed by atoms with Crippen LogP contribution in [-0.4, -0.2) is 28.5 Å². The molecule has 0 spiro atoms. The van der Waals surface area contributed by atoms with Crippen LogP contribution in [0.15, 0.2) is 47.4 Å². The van der Waals surface area contributed by atoms with Gasteiger partial charge in [0, 0.05) is 17.8 Å². The maximum absolute atomic E-state index is 12.2. The Morgan fingerprint density at radius 3 is 2.73 bits per heavy atom. The summed E-state index contributed by atoms with van der Waals surface area (Å²) in [5.41, 5.74) is -0.237. The summed E-state index contributed by atoms with van der Waals surface area (Å²) in [5.74, 6) is 1.31. The van der Waals surface area contributed by atoms with Gasteiger partial charge in [0.25, 0.3) is 5.56 Å². The number of methoxy groups -OCH3 is 1. The molecule has 1 aromatic carbocycles. The lowest BCUT2D eigenvalue weighted by atomic mass is 9.86. The molecule has 1 aliphatic rings. The van der Waals surface area contributed by atoms with E-state index in [9.17, 15) is 9.90 Å². The fourth-order valence-electron chi connectivity index (χ4n) is 2.84. The van der Waals surface area contributed by atoms with E-state index in [0.29, 0.717) is 11.5 Å². The molecule has 1 aromatic heterocycles. The SMILES string of the molecule is COc1ccc2c(c1)[C@@H](n1ccccc1=O)[C@H](O)C(C)(C)O2. The van der Waals surface area contributed by atoms with Gasteiger partial charge in [0.15, 0.2) is 0 Å². The normalized spacial score (nSPS) is 22.5. The highest BCUT2D eigenvalue weighted by Crippen LogP contribution is 2.42. The summed E-state index contributed by atoms with van der Waals surface area (Å²) in [6.07, 6.45) is 0.813. The second-order valence-electron chi connectivity index (χ2n) is 5.95. The maximum atomic E-state index is 12.2. The number of nitrogens with zero attached hydrogens (tertiary/aromatic N) is 1. The van der Waals surface area contributed by atoms with Crippen molar-refractivity contribution in [3.8, 4) is 11.5 Å². The van der Waals surface area contributed by atoms with Crippen molar-refractivity contribution in [1.82, 2.24) is 4.57 Å². The van der Waals surface area contributed by atoms with Crippen molar-refractivity contribution in [3.05, 3.63) is 58.5 Å². The van der Waals surface area contributed by atoms with E-state index in [1.54, 1.807) is 37.6 Å². The number of fused-ring (bicyclic) bond motifs is 1. The highest BCUT2D eigenvalue weighted by atomic mass is 16.5. The summed E-state index contributed by atoms with van der Waals surface area (Å²) in [5, 5.41) is 10.8. The van der Waals surface area contributed by atoms with Crippen molar-refractivity contribution in [2.75, 3.05) is 7.11 Å². The monoisotopic (exact) mass is 301 g/mol. The minimum absolute atomic E-state index is 0.169. The summed E-state index contributed by atoms with van der Waals surface area (Å²) >= 11 is 0. The molecule has 2 atom stereocenters. The van der Waals surface area contributed by atoms with Gasteiger partial charge >= 0.3 is 0 Å². The first-order valence-corrected chi connectivity index (χ1v) is 7.16. The van der Waals surface area contributed by atoms with E-state index in [4.69, 9.17) is 9.47 Å². The van der Waals surface area contributed by atoms with Crippen LogP contribution in [0.25, 0.3) is 0 Å². The minimum atomic E-state index is -0.868. The van der Waals surface area contributed by atoms with E-state index >= 15 is 0 Å². The molecule has 0 radical (unpaired) electrons. The van der Waals surface area contributed by atoms with Crippen molar-refractivity contribution in [2.45, 2.75) is 31.6 Å². The fraction of sp³-hybridized carbons (Fsp3) is 0.353. The molecule has 3 rings (SSSR count). The standard InChI is InChI=1S/C17H19NO4/c1-17(2)16(20)15(18-9-5-4-6-14(18)19)12-10-11(21-3)7-8-13(12)22-17/h4-10,15-16,20H,1-3H3/t15-,16+/m1/s1. The highest BCUT2D eigenvalue weighted by Gasteiger charge is 2.44. The summed E-state index contributed by atoms with van der Waals surface area (Å²) in [7, 11) is 1.58. The number of aromatic nitrogens is 1. The van der Waals surface area contributed by atoms with E-state index in [2.05, 4.69) is 0 Å². The Labute approximate surface area is 128 Å². The zero-order valence-corrected chi connectivity index (χ0v) is 12.8. The van der Waals surface area contributed by atoms with E-state index in [1.807, 2.05) is 19.9 Å². The third kappa shape index (κ3) is 2.27. The number of aliphatic hydroxyl groups is 1. The van der Waals surface area contributed by atoms with Crippen molar-refractivity contribution < 1.29 is 14.6 Å². The number of rotatable bonds is 2. The molecular weight excluding hydrogens is 282 g/mol. The molecule has 1 N–H and O–H groups in total. The van der Waals surface area contributed by atoms with Gasteiger partial charge in [-0.2, -0.15) is 0 Å². The molecule has 2 heterocycles. The molecular formula is C17H19NO4. The minimum Gasteiger partial charge on any atom is -0.497 e. The first-order valence-electron chi connectivity index (χ1n) is 7.16. The molecule has 5 heteroatoms. The first-order chi connectivity index (χ1) is 10.4. The Morgan fingerprint density at radius 2 is 2.05 bits per heavy atom. The maximum Gasteiger partial charge on any atom is 0.251 e. The van der Waals surface area contributed by atoms with Crippen LogP contribution < -0.4 is 15.0 Å². The van der Waals surface area contributed by atoms with Crippen LogP contribution in [0.5, 0.6) is 11.5 Å². The number of ether oxygens (including phenoxy) is 2. The van der Waals surface area contributed by atoms with Crippen LogP contribution in [0.4, 0.5) is 0 Å². The Hall–Kier alpha value is -2.27. The van der Waals surface area contributed by atoms with Gasteiger partial charge in [0.2, 0.25) is 0 Å². The lowest BCUT2D eigenvalue weighted by Crippen LogP contribution is -2.52. The summed E-state index contributed by atoms with van der Waals surface area (Å²) in [6, 6.07) is 9.83. The Balaban J connectivity index is 2.23. The second kappa shape index (κ2) is 5.18. The van der Waals surface area contributed by atoms with E-state index in [-0.39, 0.29) is 5.56 Å². The molecule has 0 saturated heterocycles. The Bertz CT molecular complexity index is 750. The molecule has 5 nitrogen and oxygen atoms in total. The van der Waals surface area contributed by atoms with Gasteiger partial charge in [-0.1, -0.05) is 6.07 Å². The third-order valence-electron chi connectivity index (χ3n) is 4.07. The van der Waals surface area contributed by atoms with Gasteiger partial charge in [0.05, 0.1) is 13.2 Å². The lowest BCUT2D eigenvalue weighted by Gasteiger charge is -2.42. The molecule has 0 bridgehead atoms. The number of hydrogen-bond donors (Lipinski definition) is 1. The van der Waals surface area contributed by atoms with Crippen molar-refractivity contribution >= 4 is 0 Å². The average Bonchev–Trinajstić information content (AvgIpc) is 2.49. The average molecular weight is 301 g/mol. The zero-order valence-electron chi connectivity index (χ0n) is 12.8. The summed E-state index contributed by atoms with van der Waals surface area (Å²) in [4.78, 5) is 12.2. The Morgan fingerprint density at radius 1 is 1.27 bits per heavy atom. The largest absolute Gasteiger partial charge is 0.497 e. The van der Waals surface area contributed by atoms with Gasteiger partial charge in [0.1, 0.15) is 23.2 Å². The molecule has 116 valence electrons.